The van der Waals surface area contributed by atoms with Crippen molar-refractivity contribution in [2.75, 3.05) is 0 Å². The maximum Gasteiger partial charge on any atom is 0.339 e. The fourth-order valence-electron chi connectivity index (χ4n) is 3.33. The number of amides is 1. The van der Waals surface area contributed by atoms with E-state index in [4.69, 9.17) is 15.5 Å². The number of nitrogens with two attached hydrogens (primary N) is 1. The van der Waals surface area contributed by atoms with Crippen LogP contribution in [0.15, 0.2) is 41.8 Å². The zero-order valence-electron chi connectivity index (χ0n) is 14.8. The van der Waals surface area contributed by atoms with Crippen molar-refractivity contribution in [1.29, 1.82) is 0 Å². The highest BCUT2D eigenvalue weighted by atomic mass is 32.1. The first-order valence-electron chi connectivity index (χ1n) is 8.71. The minimum absolute atomic E-state index is 0.485. The summed E-state index contributed by atoms with van der Waals surface area (Å²) in [5, 5.41) is 2.76. The Kier molecular flexibility index (Phi) is 4.49. The van der Waals surface area contributed by atoms with Gasteiger partial charge >= 0.3 is 5.97 Å². The fourth-order valence-corrected chi connectivity index (χ4v) is 4.02. The third-order valence-corrected chi connectivity index (χ3v) is 5.51. The summed E-state index contributed by atoms with van der Waals surface area (Å²) in [6.07, 6.45) is 2.66. The number of benzene rings is 1. The lowest BCUT2D eigenvalue weighted by Crippen LogP contribution is -2.30. The van der Waals surface area contributed by atoms with Gasteiger partial charge in [-0.05, 0) is 54.5 Å². The van der Waals surface area contributed by atoms with E-state index in [0.29, 0.717) is 12.0 Å². The molecule has 0 saturated carbocycles. The molecule has 5 nitrogen and oxygen atoms in total. The standard InChI is InChI=1S/C21H18N2O3S/c1-12(20(22)24)26-21(25)18-15-6-2-3-7-17(15)23-19-13(8-9-16(18)19)11-14-5-4-10-27-14/h2-7,10-12H,8-9H2,1H3,(H2,22,24)/b13-11+/t12-/m0/s1. The number of thiophene rings is 1. The van der Waals surface area contributed by atoms with E-state index < -0.39 is 18.0 Å². The number of hydrogen-bond acceptors (Lipinski definition) is 5. The van der Waals surface area contributed by atoms with Gasteiger partial charge in [-0.3, -0.25) is 4.79 Å². The molecular formula is C21H18N2O3S. The minimum Gasteiger partial charge on any atom is -0.449 e. The van der Waals surface area contributed by atoms with Gasteiger partial charge in [-0.2, -0.15) is 0 Å². The van der Waals surface area contributed by atoms with E-state index in [0.717, 1.165) is 39.0 Å². The molecule has 0 fully saturated rings. The van der Waals surface area contributed by atoms with Crippen LogP contribution in [0.3, 0.4) is 0 Å². The second-order valence-corrected chi connectivity index (χ2v) is 7.45. The molecule has 0 saturated heterocycles. The van der Waals surface area contributed by atoms with Crippen LogP contribution in [0.25, 0.3) is 22.6 Å². The number of primary amides is 1. The lowest BCUT2D eigenvalue weighted by Gasteiger charge is -2.14. The van der Waals surface area contributed by atoms with Crippen molar-refractivity contribution in [1.82, 2.24) is 4.98 Å². The van der Waals surface area contributed by atoms with Crippen LogP contribution in [-0.4, -0.2) is 23.0 Å². The van der Waals surface area contributed by atoms with Gasteiger partial charge in [0, 0.05) is 10.3 Å². The molecule has 0 radical (unpaired) electrons. The zero-order chi connectivity index (χ0) is 19.0. The quantitative estimate of drug-likeness (QED) is 0.700. The van der Waals surface area contributed by atoms with E-state index in [-0.39, 0.29) is 0 Å². The Morgan fingerprint density at radius 3 is 2.78 bits per heavy atom. The Hall–Kier alpha value is -2.99. The van der Waals surface area contributed by atoms with Gasteiger partial charge in [0.25, 0.3) is 5.91 Å². The molecule has 4 rings (SSSR count). The number of nitrogens with zero attached hydrogens (tertiary/aromatic N) is 1. The molecule has 2 aromatic heterocycles. The number of ether oxygens (including phenoxy) is 1. The smallest absolute Gasteiger partial charge is 0.339 e. The van der Waals surface area contributed by atoms with Crippen molar-refractivity contribution in [2.45, 2.75) is 25.9 Å². The highest BCUT2D eigenvalue weighted by molar-refractivity contribution is 7.10. The Labute approximate surface area is 160 Å². The SMILES string of the molecule is C[C@H](OC(=O)c1c2c(nc3ccccc13)/C(=C/c1cccs1)CC2)C(N)=O. The second kappa shape index (κ2) is 6.96. The average molecular weight is 378 g/mol. The van der Waals surface area contributed by atoms with Gasteiger partial charge in [0.05, 0.1) is 16.8 Å². The van der Waals surface area contributed by atoms with Crippen molar-refractivity contribution < 1.29 is 14.3 Å². The summed E-state index contributed by atoms with van der Waals surface area (Å²) in [6.45, 7) is 1.48. The van der Waals surface area contributed by atoms with Gasteiger partial charge in [0.15, 0.2) is 6.10 Å². The molecule has 1 aromatic carbocycles. The molecule has 1 aliphatic rings. The van der Waals surface area contributed by atoms with E-state index in [2.05, 4.69) is 12.1 Å². The first-order chi connectivity index (χ1) is 13.0. The Balaban J connectivity index is 1.86. The summed E-state index contributed by atoms with van der Waals surface area (Å²) in [6, 6.07) is 11.6. The highest BCUT2D eigenvalue weighted by Crippen LogP contribution is 2.38. The van der Waals surface area contributed by atoms with E-state index in [9.17, 15) is 9.59 Å². The van der Waals surface area contributed by atoms with Crippen LogP contribution < -0.4 is 5.73 Å². The average Bonchev–Trinajstić information content (AvgIpc) is 3.30. The molecule has 0 spiro atoms. The molecular weight excluding hydrogens is 360 g/mol. The number of hydrogen-bond donors (Lipinski definition) is 1. The van der Waals surface area contributed by atoms with Crippen LogP contribution in [-0.2, 0) is 16.0 Å². The largest absolute Gasteiger partial charge is 0.449 e. The highest BCUT2D eigenvalue weighted by Gasteiger charge is 2.29. The number of carbonyl (C=O) groups excluding carboxylic acids is 2. The monoisotopic (exact) mass is 378 g/mol. The van der Waals surface area contributed by atoms with Crippen LogP contribution in [0.4, 0.5) is 0 Å². The van der Waals surface area contributed by atoms with Gasteiger partial charge in [-0.15, -0.1) is 11.3 Å². The van der Waals surface area contributed by atoms with Crippen molar-refractivity contribution in [3.8, 4) is 0 Å². The lowest BCUT2D eigenvalue weighted by molar-refractivity contribution is -0.125. The minimum atomic E-state index is -0.984. The third kappa shape index (κ3) is 3.24. The molecule has 136 valence electrons. The zero-order valence-corrected chi connectivity index (χ0v) is 15.6. The number of carbonyl (C=O) groups is 2. The number of pyridine rings is 1. The normalized spacial score (nSPS) is 15.7. The van der Waals surface area contributed by atoms with Crippen molar-refractivity contribution in [2.24, 2.45) is 5.73 Å². The van der Waals surface area contributed by atoms with Crippen LogP contribution in [0.1, 0.15) is 39.8 Å². The van der Waals surface area contributed by atoms with Gasteiger partial charge in [0.1, 0.15) is 0 Å². The summed E-state index contributed by atoms with van der Waals surface area (Å²) >= 11 is 1.66. The Morgan fingerprint density at radius 2 is 2.04 bits per heavy atom. The van der Waals surface area contributed by atoms with E-state index in [1.807, 2.05) is 35.7 Å². The van der Waals surface area contributed by atoms with Gasteiger partial charge in [-0.1, -0.05) is 24.3 Å². The summed E-state index contributed by atoms with van der Waals surface area (Å²) in [7, 11) is 0. The molecule has 3 aromatic rings. The van der Waals surface area contributed by atoms with Crippen molar-refractivity contribution in [3.05, 3.63) is 63.5 Å². The Bertz CT molecular complexity index is 1070. The number of rotatable bonds is 4. The summed E-state index contributed by atoms with van der Waals surface area (Å²) in [5.41, 5.74) is 9.28. The predicted molar refractivity (Wildman–Crippen MR) is 106 cm³/mol. The molecule has 27 heavy (non-hydrogen) atoms. The van der Waals surface area contributed by atoms with Crippen LogP contribution in [0, 0.1) is 0 Å². The molecule has 0 bridgehead atoms. The number of aromatic nitrogens is 1. The number of para-hydroxylation sites is 1. The van der Waals surface area contributed by atoms with E-state index in [1.165, 1.54) is 6.92 Å². The molecule has 2 heterocycles. The first-order valence-corrected chi connectivity index (χ1v) is 9.59. The van der Waals surface area contributed by atoms with Gasteiger partial charge in [-0.25, -0.2) is 9.78 Å². The van der Waals surface area contributed by atoms with Gasteiger partial charge in [0.2, 0.25) is 0 Å². The molecule has 6 heteroatoms. The number of esters is 1. The van der Waals surface area contributed by atoms with Crippen molar-refractivity contribution >= 4 is 45.8 Å². The number of fused-ring (bicyclic) bond motifs is 2. The maximum absolute atomic E-state index is 12.9. The third-order valence-electron chi connectivity index (χ3n) is 4.69. The van der Waals surface area contributed by atoms with Crippen molar-refractivity contribution in [3.63, 3.8) is 0 Å². The van der Waals surface area contributed by atoms with Gasteiger partial charge < -0.3 is 10.5 Å². The lowest BCUT2D eigenvalue weighted by atomic mass is 10.0. The fraction of sp³-hybridized carbons (Fsp3) is 0.190. The molecule has 1 amide bonds. The molecule has 2 N–H and O–H groups in total. The molecule has 0 aliphatic heterocycles. The van der Waals surface area contributed by atoms with E-state index in [1.54, 1.807) is 11.3 Å². The topological polar surface area (TPSA) is 82.3 Å². The maximum atomic E-state index is 12.9. The Morgan fingerprint density at radius 1 is 1.22 bits per heavy atom. The van der Waals surface area contributed by atoms with Crippen LogP contribution in [0.2, 0.25) is 0 Å². The van der Waals surface area contributed by atoms with Crippen LogP contribution >= 0.6 is 11.3 Å². The predicted octanol–water partition coefficient (Wildman–Crippen LogP) is 3.81. The molecule has 0 unspecified atom stereocenters. The summed E-state index contributed by atoms with van der Waals surface area (Å²) < 4.78 is 5.31. The number of allylic oxidation sites excluding steroid dienone is 1. The van der Waals surface area contributed by atoms with E-state index >= 15 is 0 Å². The molecule has 1 atom stereocenters. The first kappa shape index (κ1) is 17.4. The van der Waals surface area contributed by atoms with Crippen LogP contribution in [0.5, 0.6) is 0 Å². The summed E-state index contributed by atoms with van der Waals surface area (Å²) in [5.74, 6) is -1.20. The molecule has 1 aliphatic carbocycles. The summed E-state index contributed by atoms with van der Waals surface area (Å²) in [4.78, 5) is 30.2. The second-order valence-electron chi connectivity index (χ2n) is 6.47.